The third kappa shape index (κ3) is 2.63. The van der Waals surface area contributed by atoms with Crippen LogP contribution in [0.2, 0.25) is 0 Å². The van der Waals surface area contributed by atoms with Gasteiger partial charge in [0.1, 0.15) is 6.17 Å². The molecule has 0 unspecified atom stereocenters. The second-order valence-corrected chi connectivity index (χ2v) is 6.34. The summed E-state index contributed by atoms with van der Waals surface area (Å²) in [6.45, 7) is 2.10. The van der Waals surface area contributed by atoms with Gasteiger partial charge in [0.2, 0.25) is 0 Å². The van der Waals surface area contributed by atoms with Gasteiger partial charge >= 0.3 is 0 Å². The Labute approximate surface area is 136 Å². The molecule has 1 amide bonds. The molecule has 0 aromatic heterocycles. The van der Waals surface area contributed by atoms with Gasteiger partial charge in [-0.25, -0.2) is 0 Å². The Balaban J connectivity index is 1.72. The molecule has 23 heavy (non-hydrogen) atoms. The summed E-state index contributed by atoms with van der Waals surface area (Å²) in [4.78, 5) is 14.9. The van der Waals surface area contributed by atoms with Crippen LogP contribution in [0.25, 0.3) is 6.08 Å². The first-order valence-corrected chi connectivity index (χ1v) is 8.15. The van der Waals surface area contributed by atoms with Gasteiger partial charge in [-0.3, -0.25) is 4.79 Å². The molecule has 1 saturated carbocycles. The number of carbonyl (C=O) groups excluding carboxylic acids is 1. The highest BCUT2D eigenvalue weighted by Gasteiger charge is 2.41. The quantitative estimate of drug-likeness (QED) is 0.924. The van der Waals surface area contributed by atoms with E-state index in [2.05, 4.69) is 30.4 Å². The minimum atomic E-state index is -0.0647. The fourth-order valence-corrected chi connectivity index (χ4v) is 3.22. The first kappa shape index (κ1) is 14.1. The van der Waals surface area contributed by atoms with Crippen molar-refractivity contribution in [1.29, 1.82) is 0 Å². The fourth-order valence-electron chi connectivity index (χ4n) is 3.22. The van der Waals surface area contributed by atoms with E-state index in [1.54, 1.807) is 0 Å². The number of benzene rings is 2. The van der Waals surface area contributed by atoms with E-state index in [1.165, 1.54) is 0 Å². The van der Waals surface area contributed by atoms with E-state index in [0.717, 1.165) is 35.2 Å². The number of rotatable bonds is 3. The van der Waals surface area contributed by atoms with Gasteiger partial charge in [0, 0.05) is 11.7 Å². The number of hydrogen-bond donors (Lipinski definition) is 1. The average Bonchev–Trinajstić information content (AvgIpc) is 3.40. The predicted molar refractivity (Wildman–Crippen MR) is 93.1 cm³/mol. The Morgan fingerprint density at radius 2 is 1.78 bits per heavy atom. The summed E-state index contributed by atoms with van der Waals surface area (Å²) in [5, 5.41) is 3.56. The maximum atomic E-state index is 12.9. The largest absolute Gasteiger partial charge is 0.361 e. The van der Waals surface area contributed by atoms with Crippen molar-refractivity contribution >= 4 is 17.7 Å². The van der Waals surface area contributed by atoms with E-state index < -0.39 is 0 Å². The topological polar surface area (TPSA) is 32.3 Å². The van der Waals surface area contributed by atoms with Crippen LogP contribution in [0.4, 0.5) is 5.69 Å². The fraction of sp³-hybridized carbons (Fsp3) is 0.250. The number of hydrogen-bond acceptors (Lipinski definition) is 2. The number of nitrogens with zero attached hydrogens (tertiary/aromatic N) is 1. The van der Waals surface area contributed by atoms with Crippen LogP contribution in [0.15, 0.2) is 60.2 Å². The zero-order valence-electron chi connectivity index (χ0n) is 13.2. The van der Waals surface area contributed by atoms with Gasteiger partial charge in [0.25, 0.3) is 5.91 Å². The Kier molecular flexibility index (Phi) is 3.41. The molecule has 1 N–H and O–H groups in total. The maximum Gasteiger partial charge on any atom is 0.258 e. The second kappa shape index (κ2) is 5.58. The molecule has 116 valence electrons. The molecule has 1 aliphatic heterocycles. The molecule has 3 nitrogen and oxygen atoms in total. The number of anilines is 1. The lowest BCUT2D eigenvalue weighted by Gasteiger charge is -2.38. The van der Waals surface area contributed by atoms with Crippen molar-refractivity contribution in [2.75, 3.05) is 5.32 Å². The molecule has 2 aromatic carbocycles. The molecule has 4 rings (SSSR count). The van der Waals surface area contributed by atoms with Crippen molar-refractivity contribution in [3.8, 4) is 0 Å². The summed E-state index contributed by atoms with van der Waals surface area (Å²) in [5.41, 5.74) is 4.03. The first-order valence-electron chi connectivity index (χ1n) is 8.15. The van der Waals surface area contributed by atoms with Crippen LogP contribution >= 0.6 is 0 Å². The van der Waals surface area contributed by atoms with Gasteiger partial charge in [0.15, 0.2) is 0 Å². The average molecular weight is 304 g/mol. The third-order valence-electron chi connectivity index (χ3n) is 4.53. The van der Waals surface area contributed by atoms with Crippen LogP contribution in [-0.4, -0.2) is 23.0 Å². The minimum absolute atomic E-state index is 0.0647. The molecule has 0 bridgehead atoms. The predicted octanol–water partition coefficient (Wildman–Crippen LogP) is 4.15. The summed E-state index contributed by atoms with van der Waals surface area (Å²) in [7, 11) is 0. The standard InChI is InChI=1S/C20H20N2O/c1-14(13-15-7-3-2-4-8-15)19-21-18-10-6-5-9-17(18)20(23)22(19)16-11-12-16/h2-10,13,16,19,21H,11-12H2,1H3/b14-13+/t19-/m1/s1. The zero-order chi connectivity index (χ0) is 15.8. The van der Waals surface area contributed by atoms with Crippen LogP contribution in [0, 0.1) is 0 Å². The van der Waals surface area contributed by atoms with E-state index in [-0.39, 0.29) is 12.1 Å². The van der Waals surface area contributed by atoms with Crippen molar-refractivity contribution in [2.45, 2.75) is 32.0 Å². The zero-order valence-corrected chi connectivity index (χ0v) is 13.2. The van der Waals surface area contributed by atoms with Gasteiger partial charge in [-0.05, 0) is 43.0 Å². The van der Waals surface area contributed by atoms with E-state index in [0.29, 0.717) is 6.04 Å². The number of amides is 1. The Morgan fingerprint density at radius 1 is 1.09 bits per heavy atom. The lowest BCUT2D eigenvalue weighted by atomic mass is 10.0. The SMILES string of the molecule is C/C(=C\c1ccccc1)[C@@H]1Nc2ccccc2C(=O)N1C1CC1. The van der Waals surface area contributed by atoms with Crippen molar-refractivity contribution in [3.63, 3.8) is 0 Å². The van der Waals surface area contributed by atoms with E-state index in [4.69, 9.17) is 0 Å². The van der Waals surface area contributed by atoms with Gasteiger partial charge < -0.3 is 10.2 Å². The summed E-state index contributed by atoms with van der Waals surface area (Å²) >= 11 is 0. The maximum absolute atomic E-state index is 12.9. The summed E-state index contributed by atoms with van der Waals surface area (Å²) < 4.78 is 0. The highest BCUT2D eigenvalue weighted by atomic mass is 16.2. The van der Waals surface area contributed by atoms with Crippen LogP contribution in [-0.2, 0) is 0 Å². The minimum Gasteiger partial charge on any atom is -0.361 e. The normalized spacial score (nSPS) is 20.9. The summed E-state index contributed by atoms with van der Waals surface area (Å²) in [6, 6.07) is 18.4. The number of fused-ring (bicyclic) bond motifs is 1. The van der Waals surface area contributed by atoms with Crippen molar-refractivity contribution in [3.05, 3.63) is 71.3 Å². The lowest BCUT2D eigenvalue weighted by molar-refractivity contribution is 0.0695. The Bertz CT molecular complexity index is 762. The number of nitrogens with one attached hydrogen (secondary N) is 1. The van der Waals surface area contributed by atoms with Crippen LogP contribution < -0.4 is 5.32 Å². The molecule has 1 aliphatic carbocycles. The van der Waals surface area contributed by atoms with Crippen LogP contribution in [0.5, 0.6) is 0 Å². The summed E-state index contributed by atoms with van der Waals surface area (Å²) in [6.07, 6.45) is 4.30. The van der Waals surface area contributed by atoms with Crippen molar-refractivity contribution in [1.82, 2.24) is 4.90 Å². The van der Waals surface area contributed by atoms with E-state index >= 15 is 0 Å². The molecule has 0 spiro atoms. The van der Waals surface area contributed by atoms with Gasteiger partial charge in [-0.1, -0.05) is 48.5 Å². The smallest absolute Gasteiger partial charge is 0.258 e. The third-order valence-corrected chi connectivity index (χ3v) is 4.53. The van der Waals surface area contributed by atoms with Gasteiger partial charge in [-0.15, -0.1) is 0 Å². The molecular formula is C20H20N2O. The first-order chi connectivity index (χ1) is 11.2. The summed E-state index contributed by atoms with van der Waals surface area (Å²) in [5.74, 6) is 0.146. The Morgan fingerprint density at radius 3 is 2.52 bits per heavy atom. The van der Waals surface area contributed by atoms with Crippen LogP contribution in [0.3, 0.4) is 0 Å². The highest BCUT2D eigenvalue weighted by molar-refractivity contribution is 6.02. The molecule has 0 radical (unpaired) electrons. The van der Waals surface area contributed by atoms with E-state index in [1.807, 2.05) is 47.4 Å². The van der Waals surface area contributed by atoms with Crippen molar-refractivity contribution in [2.24, 2.45) is 0 Å². The Hall–Kier alpha value is -2.55. The molecule has 1 fully saturated rings. The monoisotopic (exact) mass is 304 g/mol. The molecule has 2 aromatic rings. The van der Waals surface area contributed by atoms with Crippen molar-refractivity contribution < 1.29 is 4.79 Å². The van der Waals surface area contributed by atoms with E-state index in [9.17, 15) is 4.79 Å². The molecular weight excluding hydrogens is 284 g/mol. The molecule has 0 saturated heterocycles. The van der Waals surface area contributed by atoms with Crippen LogP contribution in [0.1, 0.15) is 35.7 Å². The van der Waals surface area contributed by atoms with Gasteiger partial charge in [0.05, 0.1) is 5.56 Å². The van der Waals surface area contributed by atoms with Gasteiger partial charge in [-0.2, -0.15) is 0 Å². The molecule has 3 heteroatoms. The number of para-hydroxylation sites is 1. The number of carbonyl (C=O) groups is 1. The second-order valence-electron chi connectivity index (χ2n) is 6.34. The molecule has 1 atom stereocenters. The highest BCUT2D eigenvalue weighted by Crippen LogP contribution is 2.37. The molecule has 2 aliphatic rings. The molecule has 1 heterocycles. The lowest BCUT2D eigenvalue weighted by Crippen LogP contribution is -2.50.